The first-order chi connectivity index (χ1) is 10.1. The molecule has 108 valence electrons. The van der Waals surface area contributed by atoms with E-state index in [9.17, 15) is 9.59 Å². The number of nitrogens with zero attached hydrogens (tertiary/aromatic N) is 1. The number of methoxy groups -OCH3 is 1. The number of aryl methyl sites for hydroxylation is 1. The number of carbonyl (C=O) groups is 2. The van der Waals surface area contributed by atoms with Crippen molar-refractivity contribution in [2.24, 2.45) is 0 Å². The largest absolute Gasteiger partial charge is 0.496 e. The Morgan fingerprint density at radius 3 is 2.52 bits per heavy atom. The maximum absolute atomic E-state index is 12.0. The minimum absolute atomic E-state index is 0.222. The molecule has 2 N–H and O–H groups in total. The van der Waals surface area contributed by atoms with Gasteiger partial charge in [0.1, 0.15) is 11.4 Å². The number of nitrogens with one attached hydrogen (secondary N) is 2. The molecule has 1 aromatic heterocycles. The van der Waals surface area contributed by atoms with E-state index in [1.165, 1.54) is 13.3 Å². The molecular formula is C15H15N3O3. The lowest BCUT2D eigenvalue weighted by atomic mass is 10.1. The highest BCUT2D eigenvalue weighted by atomic mass is 16.5. The van der Waals surface area contributed by atoms with Crippen LogP contribution in [0, 0.1) is 6.92 Å². The summed E-state index contributed by atoms with van der Waals surface area (Å²) in [7, 11) is 1.53. The predicted octanol–water partition coefficient (Wildman–Crippen LogP) is 1.47. The monoisotopic (exact) mass is 285 g/mol. The van der Waals surface area contributed by atoms with Gasteiger partial charge in [-0.15, -0.1) is 0 Å². The molecule has 0 unspecified atom stereocenters. The van der Waals surface area contributed by atoms with Gasteiger partial charge in [0.15, 0.2) is 0 Å². The standard InChI is InChI=1S/C15H15N3O3/c1-10-6-7-11(9-13(10)21-2)14(19)17-18-15(20)12-5-3-4-8-16-12/h3-9H,1-2H3,(H,17,19)(H,18,20). The summed E-state index contributed by atoms with van der Waals surface area (Å²) in [6.07, 6.45) is 1.50. The van der Waals surface area contributed by atoms with Gasteiger partial charge in [-0.25, -0.2) is 0 Å². The predicted molar refractivity (Wildman–Crippen MR) is 76.9 cm³/mol. The number of hydrazine groups is 1. The summed E-state index contributed by atoms with van der Waals surface area (Å²) in [4.78, 5) is 27.6. The first-order valence-corrected chi connectivity index (χ1v) is 6.28. The fourth-order valence-corrected chi connectivity index (χ4v) is 1.71. The second kappa shape index (κ2) is 6.51. The Hall–Kier alpha value is -2.89. The van der Waals surface area contributed by atoms with Crippen molar-refractivity contribution in [2.45, 2.75) is 6.92 Å². The number of ether oxygens (including phenoxy) is 1. The maximum Gasteiger partial charge on any atom is 0.288 e. The van der Waals surface area contributed by atoms with E-state index in [-0.39, 0.29) is 5.69 Å². The second-order valence-electron chi connectivity index (χ2n) is 4.31. The summed E-state index contributed by atoms with van der Waals surface area (Å²) in [5, 5.41) is 0. The van der Waals surface area contributed by atoms with E-state index in [4.69, 9.17) is 4.74 Å². The highest BCUT2D eigenvalue weighted by Gasteiger charge is 2.11. The molecule has 0 radical (unpaired) electrons. The Balaban J connectivity index is 2.00. The average molecular weight is 285 g/mol. The molecule has 0 aliphatic rings. The fraction of sp³-hybridized carbons (Fsp3) is 0.133. The van der Waals surface area contributed by atoms with Crippen LogP contribution in [0.15, 0.2) is 42.6 Å². The van der Waals surface area contributed by atoms with E-state index in [2.05, 4.69) is 15.8 Å². The van der Waals surface area contributed by atoms with Gasteiger partial charge in [-0.05, 0) is 36.8 Å². The Morgan fingerprint density at radius 1 is 1.10 bits per heavy atom. The lowest BCUT2D eigenvalue weighted by Gasteiger charge is -2.09. The van der Waals surface area contributed by atoms with E-state index in [0.717, 1.165) is 5.56 Å². The molecule has 2 aromatic rings. The van der Waals surface area contributed by atoms with Crippen LogP contribution in [0.1, 0.15) is 26.4 Å². The first-order valence-electron chi connectivity index (χ1n) is 6.28. The molecule has 0 bridgehead atoms. The van der Waals surface area contributed by atoms with Gasteiger partial charge in [0.05, 0.1) is 7.11 Å². The van der Waals surface area contributed by atoms with Crippen molar-refractivity contribution in [3.05, 3.63) is 59.4 Å². The Morgan fingerprint density at radius 2 is 1.86 bits per heavy atom. The minimum atomic E-state index is -0.483. The topological polar surface area (TPSA) is 80.3 Å². The molecule has 0 saturated heterocycles. The normalized spacial score (nSPS) is 9.81. The average Bonchev–Trinajstić information content (AvgIpc) is 2.53. The van der Waals surface area contributed by atoms with Gasteiger partial charge in [0, 0.05) is 11.8 Å². The van der Waals surface area contributed by atoms with Crippen LogP contribution in [-0.4, -0.2) is 23.9 Å². The summed E-state index contributed by atoms with van der Waals surface area (Å²) in [5.74, 6) is -0.306. The third kappa shape index (κ3) is 3.56. The molecule has 21 heavy (non-hydrogen) atoms. The van der Waals surface area contributed by atoms with Crippen molar-refractivity contribution in [1.29, 1.82) is 0 Å². The Kier molecular flexibility index (Phi) is 4.50. The molecule has 1 heterocycles. The number of carbonyl (C=O) groups excluding carboxylic acids is 2. The van der Waals surface area contributed by atoms with Crippen LogP contribution >= 0.6 is 0 Å². The molecule has 2 rings (SSSR count). The number of amides is 2. The number of rotatable bonds is 3. The molecule has 6 nitrogen and oxygen atoms in total. The van der Waals surface area contributed by atoms with Gasteiger partial charge in [-0.2, -0.15) is 0 Å². The van der Waals surface area contributed by atoms with E-state index in [0.29, 0.717) is 11.3 Å². The summed E-state index contributed by atoms with van der Waals surface area (Å²) in [6, 6.07) is 9.98. The van der Waals surface area contributed by atoms with Gasteiger partial charge in [-0.3, -0.25) is 25.4 Å². The number of hydrogen-bond donors (Lipinski definition) is 2. The third-order valence-corrected chi connectivity index (χ3v) is 2.86. The van der Waals surface area contributed by atoms with Crippen LogP contribution in [0.3, 0.4) is 0 Å². The van der Waals surface area contributed by atoms with E-state index in [1.807, 2.05) is 6.92 Å². The van der Waals surface area contributed by atoms with Crippen molar-refractivity contribution in [1.82, 2.24) is 15.8 Å². The molecule has 0 aliphatic heterocycles. The van der Waals surface area contributed by atoms with Crippen LogP contribution in [0.4, 0.5) is 0 Å². The van der Waals surface area contributed by atoms with Gasteiger partial charge < -0.3 is 4.74 Å². The SMILES string of the molecule is COc1cc(C(=O)NNC(=O)c2ccccn2)ccc1C. The van der Waals surface area contributed by atoms with Gasteiger partial charge >= 0.3 is 0 Å². The lowest BCUT2D eigenvalue weighted by Crippen LogP contribution is -2.41. The second-order valence-corrected chi connectivity index (χ2v) is 4.31. The first kappa shape index (κ1) is 14.5. The van der Waals surface area contributed by atoms with Crippen LogP contribution in [-0.2, 0) is 0 Å². The molecule has 0 aliphatic carbocycles. The molecule has 0 spiro atoms. The molecule has 0 atom stereocenters. The summed E-state index contributed by atoms with van der Waals surface area (Å²) in [6.45, 7) is 1.88. The zero-order valence-corrected chi connectivity index (χ0v) is 11.7. The lowest BCUT2D eigenvalue weighted by molar-refractivity contribution is 0.0844. The number of pyridine rings is 1. The van der Waals surface area contributed by atoms with Gasteiger partial charge in [-0.1, -0.05) is 12.1 Å². The fourth-order valence-electron chi connectivity index (χ4n) is 1.71. The van der Waals surface area contributed by atoms with Crippen molar-refractivity contribution in [2.75, 3.05) is 7.11 Å². The van der Waals surface area contributed by atoms with Crippen LogP contribution in [0.2, 0.25) is 0 Å². The highest BCUT2D eigenvalue weighted by Crippen LogP contribution is 2.18. The summed E-state index contributed by atoms with van der Waals surface area (Å²) >= 11 is 0. The van der Waals surface area contributed by atoms with Gasteiger partial charge in [0.2, 0.25) is 0 Å². The van der Waals surface area contributed by atoms with Crippen molar-refractivity contribution in [3.8, 4) is 5.75 Å². The molecule has 0 fully saturated rings. The summed E-state index contributed by atoms with van der Waals surface area (Å²) in [5.41, 5.74) is 6.17. The molecular weight excluding hydrogens is 270 g/mol. The third-order valence-electron chi connectivity index (χ3n) is 2.86. The maximum atomic E-state index is 12.0. The number of benzene rings is 1. The minimum Gasteiger partial charge on any atom is -0.496 e. The quantitative estimate of drug-likeness (QED) is 0.837. The van der Waals surface area contributed by atoms with Crippen LogP contribution < -0.4 is 15.6 Å². The molecule has 0 saturated carbocycles. The molecule has 2 amide bonds. The zero-order valence-electron chi connectivity index (χ0n) is 11.7. The molecule has 6 heteroatoms. The Bertz CT molecular complexity index is 656. The van der Waals surface area contributed by atoms with Crippen molar-refractivity contribution in [3.63, 3.8) is 0 Å². The van der Waals surface area contributed by atoms with E-state index < -0.39 is 11.8 Å². The molecule has 1 aromatic carbocycles. The number of hydrogen-bond acceptors (Lipinski definition) is 4. The smallest absolute Gasteiger partial charge is 0.288 e. The van der Waals surface area contributed by atoms with E-state index >= 15 is 0 Å². The van der Waals surface area contributed by atoms with Crippen molar-refractivity contribution >= 4 is 11.8 Å². The van der Waals surface area contributed by atoms with Crippen LogP contribution in [0.5, 0.6) is 5.75 Å². The number of aromatic nitrogens is 1. The zero-order chi connectivity index (χ0) is 15.2. The highest BCUT2D eigenvalue weighted by molar-refractivity contribution is 5.98. The summed E-state index contributed by atoms with van der Waals surface area (Å²) < 4.78 is 5.15. The van der Waals surface area contributed by atoms with Gasteiger partial charge in [0.25, 0.3) is 11.8 Å². The van der Waals surface area contributed by atoms with Crippen LogP contribution in [0.25, 0.3) is 0 Å². The van der Waals surface area contributed by atoms with Crippen molar-refractivity contribution < 1.29 is 14.3 Å². The Labute approximate surface area is 122 Å². The van der Waals surface area contributed by atoms with E-state index in [1.54, 1.807) is 36.4 Å².